The predicted octanol–water partition coefficient (Wildman–Crippen LogP) is 4.15. The molecule has 1 saturated carbocycles. The predicted molar refractivity (Wildman–Crippen MR) is 111 cm³/mol. The van der Waals surface area contributed by atoms with E-state index >= 15 is 0 Å². The van der Waals surface area contributed by atoms with E-state index in [0.29, 0.717) is 22.7 Å². The molecule has 2 aromatic carbocycles. The minimum atomic E-state index is -0.350. The second-order valence-electron chi connectivity index (χ2n) is 6.63. The Balaban J connectivity index is 1.55. The highest BCUT2D eigenvalue weighted by molar-refractivity contribution is 9.10. The van der Waals surface area contributed by atoms with Gasteiger partial charge in [-0.1, -0.05) is 15.9 Å². The van der Waals surface area contributed by atoms with Crippen LogP contribution < -0.4 is 20.1 Å². The van der Waals surface area contributed by atoms with E-state index in [-0.39, 0.29) is 24.5 Å². The number of ether oxygens (including phenoxy) is 2. The van der Waals surface area contributed by atoms with Gasteiger partial charge in [-0.2, -0.15) is 0 Å². The van der Waals surface area contributed by atoms with Gasteiger partial charge in [0.05, 0.1) is 19.8 Å². The molecule has 148 valence electrons. The summed E-state index contributed by atoms with van der Waals surface area (Å²) in [7, 11) is 1.55. The summed E-state index contributed by atoms with van der Waals surface area (Å²) in [5.41, 5.74) is 1.07. The third-order valence-electron chi connectivity index (χ3n) is 4.56. The molecule has 6 nitrogen and oxygen atoms in total. The summed E-state index contributed by atoms with van der Waals surface area (Å²) in [6.07, 6.45) is 4.64. The highest BCUT2D eigenvalue weighted by Gasteiger charge is 2.19. The van der Waals surface area contributed by atoms with Crippen molar-refractivity contribution in [2.24, 2.45) is 0 Å². The smallest absolute Gasteiger partial charge is 0.251 e. The van der Waals surface area contributed by atoms with Crippen molar-refractivity contribution in [1.82, 2.24) is 5.32 Å². The van der Waals surface area contributed by atoms with E-state index < -0.39 is 0 Å². The normalized spacial score (nSPS) is 13.8. The minimum Gasteiger partial charge on any atom is -0.493 e. The maximum absolute atomic E-state index is 12.4. The largest absolute Gasteiger partial charge is 0.493 e. The van der Waals surface area contributed by atoms with Crippen molar-refractivity contribution in [3.05, 3.63) is 52.5 Å². The average Bonchev–Trinajstić information content (AvgIpc) is 3.21. The molecule has 1 aliphatic carbocycles. The molecule has 0 heterocycles. The van der Waals surface area contributed by atoms with Gasteiger partial charge in [-0.05, 0) is 68.1 Å². The third kappa shape index (κ3) is 5.48. The van der Waals surface area contributed by atoms with Crippen LogP contribution in [0, 0.1) is 0 Å². The van der Waals surface area contributed by atoms with Crippen molar-refractivity contribution < 1.29 is 19.1 Å². The number of benzene rings is 2. The number of rotatable bonds is 7. The lowest BCUT2D eigenvalue weighted by Crippen LogP contribution is -2.32. The van der Waals surface area contributed by atoms with Crippen LogP contribution in [0.1, 0.15) is 36.0 Å². The van der Waals surface area contributed by atoms with Gasteiger partial charge in [-0.15, -0.1) is 0 Å². The molecular weight excluding hydrogens is 424 g/mol. The fourth-order valence-corrected chi connectivity index (χ4v) is 3.36. The number of hydrogen-bond acceptors (Lipinski definition) is 4. The molecule has 2 aromatic rings. The fraction of sp³-hybridized carbons (Fsp3) is 0.333. The summed E-state index contributed by atoms with van der Waals surface area (Å²) < 4.78 is 12.3. The first-order valence-electron chi connectivity index (χ1n) is 9.23. The van der Waals surface area contributed by atoms with Crippen LogP contribution in [0.4, 0.5) is 5.69 Å². The fourth-order valence-electron chi connectivity index (χ4n) is 3.09. The van der Waals surface area contributed by atoms with Crippen LogP contribution in [0.5, 0.6) is 11.5 Å². The maximum atomic E-state index is 12.4. The molecule has 0 aliphatic heterocycles. The van der Waals surface area contributed by atoms with E-state index in [1.807, 2.05) is 12.1 Å². The Morgan fingerprint density at radius 3 is 2.46 bits per heavy atom. The van der Waals surface area contributed by atoms with E-state index in [1.165, 1.54) is 12.8 Å². The summed E-state index contributed by atoms with van der Waals surface area (Å²) in [4.78, 5) is 24.4. The number of amides is 2. The van der Waals surface area contributed by atoms with Crippen LogP contribution in [0.2, 0.25) is 0 Å². The molecule has 0 atom stereocenters. The Bertz CT molecular complexity index is 833. The molecule has 2 amide bonds. The molecule has 28 heavy (non-hydrogen) atoms. The van der Waals surface area contributed by atoms with Gasteiger partial charge in [0.15, 0.2) is 11.5 Å². The van der Waals surface area contributed by atoms with E-state index in [4.69, 9.17) is 9.47 Å². The summed E-state index contributed by atoms with van der Waals surface area (Å²) in [5, 5.41) is 5.35. The molecule has 0 bridgehead atoms. The van der Waals surface area contributed by atoms with Gasteiger partial charge in [-0.3, -0.25) is 9.59 Å². The van der Waals surface area contributed by atoms with Gasteiger partial charge in [0.1, 0.15) is 0 Å². The number of anilines is 1. The summed E-state index contributed by atoms with van der Waals surface area (Å²) in [6.45, 7) is -0.127. The Morgan fingerprint density at radius 2 is 1.79 bits per heavy atom. The molecule has 1 fully saturated rings. The number of hydrogen-bond donors (Lipinski definition) is 2. The molecule has 0 saturated heterocycles. The van der Waals surface area contributed by atoms with Crippen LogP contribution in [0.3, 0.4) is 0 Å². The van der Waals surface area contributed by atoms with Crippen molar-refractivity contribution in [3.63, 3.8) is 0 Å². The van der Waals surface area contributed by atoms with Crippen molar-refractivity contribution in [1.29, 1.82) is 0 Å². The van der Waals surface area contributed by atoms with Crippen molar-refractivity contribution in [2.75, 3.05) is 19.0 Å². The van der Waals surface area contributed by atoms with E-state index in [0.717, 1.165) is 17.3 Å². The van der Waals surface area contributed by atoms with Crippen LogP contribution in [0.15, 0.2) is 46.9 Å². The van der Waals surface area contributed by atoms with E-state index in [2.05, 4.69) is 26.6 Å². The first-order valence-corrected chi connectivity index (χ1v) is 10.0. The summed E-state index contributed by atoms with van der Waals surface area (Å²) in [5.74, 6) is 0.498. The lowest BCUT2D eigenvalue weighted by Gasteiger charge is -2.16. The van der Waals surface area contributed by atoms with E-state index in [9.17, 15) is 9.59 Å². The second-order valence-corrected chi connectivity index (χ2v) is 7.54. The van der Waals surface area contributed by atoms with Crippen LogP contribution in [-0.4, -0.2) is 31.6 Å². The highest BCUT2D eigenvalue weighted by atomic mass is 79.9. The highest BCUT2D eigenvalue weighted by Crippen LogP contribution is 2.32. The first kappa shape index (κ1) is 20.2. The molecule has 0 aromatic heterocycles. The molecule has 3 rings (SSSR count). The number of methoxy groups -OCH3 is 1. The topological polar surface area (TPSA) is 76.7 Å². The van der Waals surface area contributed by atoms with Gasteiger partial charge in [-0.25, -0.2) is 0 Å². The quantitative estimate of drug-likeness (QED) is 0.669. The van der Waals surface area contributed by atoms with Crippen LogP contribution >= 0.6 is 15.9 Å². The van der Waals surface area contributed by atoms with Crippen LogP contribution in [-0.2, 0) is 4.79 Å². The molecule has 1 aliphatic rings. The summed E-state index contributed by atoms with van der Waals surface area (Å²) in [6, 6.07) is 12.3. The van der Waals surface area contributed by atoms with Crippen molar-refractivity contribution >= 4 is 33.4 Å². The maximum Gasteiger partial charge on any atom is 0.251 e. The van der Waals surface area contributed by atoms with Crippen molar-refractivity contribution in [3.8, 4) is 11.5 Å². The Morgan fingerprint density at radius 1 is 1.07 bits per heavy atom. The lowest BCUT2D eigenvalue weighted by atomic mass is 10.2. The van der Waals surface area contributed by atoms with Gasteiger partial charge in [0.2, 0.25) is 5.91 Å². The second kappa shape index (κ2) is 9.59. The Hall–Kier alpha value is -2.54. The Kier molecular flexibility index (Phi) is 6.92. The first-order chi connectivity index (χ1) is 13.5. The SMILES string of the molecule is COc1cc(C(=O)NCC(=O)Nc2ccc(Br)cc2)ccc1OC1CCCC1. The summed E-state index contributed by atoms with van der Waals surface area (Å²) >= 11 is 3.34. The molecular formula is C21H23BrN2O4. The van der Waals surface area contributed by atoms with Gasteiger partial charge in [0.25, 0.3) is 5.91 Å². The Labute approximate surface area is 172 Å². The van der Waals surface area contributed by atoms with Gasteiger partial charge < -0.3 is 20.1 Å². The van der Waals surface area contributed by atoms with Crippen LogP contribution in [0.25, 0.3) is 0 Å². The number of halogens is 1. The molecule has 7 heteroatoms. The third-order valence-corrected chi connectivity index (χ3v) is 5.09. The number of carbonyl (C=O) groups is 2. The standard InChI is InChI=1S/C21H23BrN2O4/c1-27-19-12-14(6-11-18(19)28-17-4-2-3-5-17)21(26)23-13-20(25)24-16-9-7-15(22)8-10-16/h6-12,17H,2-5,13H2,1H3,(H,23,26)(H,24,25). The van der Waals surface area contributed by atoms with Crippen molar-refractivity contribution in [2.45, 2.75) is 31.8 Å². The van der Waals surface area contributed by atoms with E-state index in [1.54, 1.807) is 37.4 Å². The minimum absolute atomic E-state index is 0.127. The lowest BCUT2D eigenvalue weighted by molar-refractivity contribution is -0.115. The van der Waals surface area contributed by atoms with Gasteiger partial charge in [0, 0.05) is 15.7 Å². The molecule has 0 radical (unpaired) electrons. The zero-order chi connectivity index (χ0) is 19.9. The number of carbonyl (C=O) groups excluding carboxylic acids is 2. The molecule has 2 N–H and O–H groups in total. The zero-order valence-electron chi connectivity index (χ0n) is 15.7. The average molecular weight is 447 g/mol. The monoisotopic (exact) mass is 446 g/mol. The number of nitrogens with one attached hydrogen (secondary N) is 2. The van der Waals surface area contributed by atoms with Gasteiger partial charge >= 0.3 is 0 Å². The molecule has 0 spiro atoms. The zero-order valence-corrected chi connectivity index (χ0v) is 17.3. The molecule has 0 unspecified atom stereocenters.